The third-order valence-corrected chi connectivity index (χ3v) is 5.41. The fraction of sp³-hybridized carbons (Fsp3) is 0.529. The number of carbonyl (C=O) groups is 2. The maximum absolute atomic E-state index is 12.9. The second-order valence-corrected chi connectivity index (χ2v) is 7.10. The van der Waals surface area contributed by atoms with Gasteiger partial charge in [-0.3, -0.25) is 9.59 Å². The van der Waals surface area contributed by atoms with Gasteiger partial charge in [0.25, 0.3) is 0 Å². The van der Waals surface area contributed by atoms with Crippen LogP contribution >= 0.6 is 11.8 Å². The Kier molecular flexibility index (Phi) is 6.62. The Morgan fingerprint density at radius 1 is 1.42 bits per heavy atom. The van der Waals surface area contributed by atoms with E-state index in [9.17, 15) is 14.0 Å². The number of rotatable bonds is 7. The number of hydrogen-bond donors (Lipinski definition) is 1. The lowest BCUT2D eigenvalue weighted by Crippen LogP contribution is -2.41. The highest BCUT2D eigenvalue weighted by Crippen LogP contribution is 2.27. The van der Waals surface area contributed by atoms with Gasteiger partial charge in [0.05, 0.1) is 12.5 Å². The molecular weight excluding hydrogens is 333 g/mol. The van der Waals surface area contributed by atoms with Crippen LogP contribution in [0.4, 0.5) is 4.39 Å². The highest BCUT2D eigenvalue weighted by molar-refractivity contribution is 7.99. The Morgan fingerprint density at radius 2 is 2.08 bits per heavy atom. The Bertz CT molecular complexity index is 580. The largest absolute Gasteiger partial charge is 0.481 e. The number of thioether (sulfide) groups is 1. The van der Waals surface area contributed by atoms with Crippen LogP contribution in [0.25, 0.3) is 0 Å². The summed E-state index contributed by atoms with van der Waals surface area (Å²) in [7, 11) is 1.57. The fourth-order valence-corrected chi connectivity index (χ4v) is 3.73. The molecule has 1 saturated heterocycles. The van der Waals surface area contributed by atoms with Crippen molar-refractivity contribution in [1.82, 2.24) is 4.90 Å². The molecule has 0 radical (unpaired) electrons. The molecule has 1 amide bonds. The Balaban J connectivity index is 1.94. The number of carboxylic acids is 1. The van der Waals surface area contributed by atoms with Crippen LogP contribution in [0.5, 0.6) is 0 Å². The van der Waals surface area contributed by atoms with Crippen molar-refractivity contribution in [2.45, 2.75) is 36.8 Å². The number of carbonyl (C=O) groups excluding carboxylic acids is 1. The average molecular weight is 355 g/mol. The number of likely N-dealkylation sites (tertiary alicyclic amines) is 1. The first kappa shape index (κ1) is 18.7. The topological polar surface area (TPSA) is 66.8 Å². The van der Waals surface area contributed by atoms with E-state index in [1.807, 2.05) is 6.92 Å². The van der Waals surface area contributed by atoms with Crippen molar-refractivity contribution < 1.29 is 23.8 Å². The third kappa shape index (κ3) is 4.95. The quantitative estimate of drug-likeness (QED) is 0.762. The summed E-state index contributed by atoms with van der Waals surface area (Å²) in [6.07, 6.45) is 0.366. The number of hydrogen-bond acceptors (Lipinski definition) is 4. The molecule has 1 N–H and O–H groups in total. The second kappa shape index (κ2) is 8.48. The van der Waals surface area contributed by atoms with Crippen LogP contribution in [0, 0.1) is 11.7 Å². The van der Waals surface area contributed by atoms with Gasteiger partial charge in [-0.05, 0) is 30.7 Å². The normalized spacial score (nSPS) is 21.7. The van der Waals surface area contributed by atoms with E-state index in [2.05, 4.69) is 0 Å². The van der Waals surface area contributed by atoms with Crippen LogP contribution in [0.3, 0.4) is 0 Å². The minimum absolute atomic E-state index is 0.0598. The van der Waals surface area contributed by atoms with Gasteiger partial charge in [-0.25, -0.2) is 4.39 Å². The van der Waals surface area contributed by atoms with Gasteiger partial charge in [0.1, 0.15) is 5.82 Å². The molecule has 0 bridgehead atoms. The maximum atomic E-state index is 12.9. The highest BCUT2D eigenvalue weighted by Gasteiger charge is 2.37. The first-order valence-corrected chi connectivity index (χ1v) is 8.82. The molecule has 132 valence electrons. The Morgan fingerprint density at radius 3 is 2.67 bits per heavy atom. The molecule has 0 spiro atoms. The molecular formula is C17H22FNO4S. The van der Waals surface area contributed by atoms with E-state index in [0.29, 0.717) is 18.7 Å². The predicted molar refractivity (Wildman–Crippen MR) is 89.5 cm³/mol. The Hall–Kier alpha value is -1.60. The van der Waals surface area contributed by atoms with E-state index in [-0.39, 0.29) is 36.2 Å². The molecule has 5 nitrogen and oxygen atoms in total. The summed E-state index contributed by atoms with van der Waals surface area (Å²) in [6.45, 7) is 2.26. The number of aliphatic carboxylic acids is 1. The zero-order valence-corrected chi connectivity index (χ0v) is 14.6. The van der Waals surface area contributed by atoms with Crippen molar-refractivity contribution in [1.29, 1.82) is 0 Å². The van der Waals surface area contributed by atoms with Gasteiger partial charge in [0, 0.05) is 36.3 Å². The molecule has 0 aromatic heterocycles. The van der Waals surface area contributed by atoms with Crippen LogP contribution < -0.4 is 0 Å². The third-order valence-electron chi connectivity index (χ3n) is 4.14. The molecule has 1 heterocycles. The molecule has 1 aromatic carbocycles. The molecule has 1 fully saturated rings. The van der Waals surface area contributed by atoms with E-state index in [1.54, 1.807) is 24.1 Å². The van der Waals surface area contributed by atoms with Gasteiger partial charge >= 0.3 is 5.97 Å². The number of benzene rings is 1. The molecule has 0 saturated carbocycles. The minimum atomic E-state index is -0.914. The zero-order valence-electron chi connectivity index (χ0n) is 13.8. The van der Waals surface area contributed by atoms with Gasteiger partial charge in [0.2, 0.25) is 5.91 Å². The van der Waals surface area contributed by atoms with Crippen LogP contribution in [-0.4, -0.2) is 53.4 Å². The number of amides is 1. The lowest BCUT2D eigenvalue weighted by atomic mass is 10.1. The van der Waals surface area contributed by atoms with Gasteiger partial charge in [-0.2, -0.15) is 0 Å². The van der Waals surface area contributed by atoms with Crippen LogP contribution in [0.2, 0.25) is 0 Å². The van der Waals surface area contributed by atoms with Crippen LogP contribution in [0.1, 0.15) is 19.8 Å². The smallest absolute Gasteiger partial charge is 0.305 e. The lowest BCUT2D eigenvalue weighted by Gasteiger charge is -2.26. The van der Waals surface area contributed by atoms with E-state index in [4.69, 9.17) is 9.84 Å². The molecule has 1 aliphatic heterocycles. The zero-order chi connectivity index (χ0) is 17.7. The summed E-state index contributed by atoms with van der Waals surface area (Å²) in [5.41, 5.74) is 0. The first-order chi connectivity index (χ1) is 11.4. The van der Waals surface area contributed by atoms with E-state index in [1.165, 1.54) is 23.9 Å². The molecule has 3 atom stereocenters. The summed E-state index contributed by atoms with van der Waals surface area (Å²) in [6, 6.07) is 5.82. The average Bonchev–Trinajstić information content (AvgIpc) is 2.95. The van der Waals surface area contributed by atoms with Gasteiger partial charge < -0.3 is 14.7 Å². The molecule has 3 unspecified atom stereocenters. The standard InChI is InChI=1S/C17H22FNO4S/c1-11(10-24-15-5-3-12(18)4-6-15)17(22)19-9-14(23-2)7-13(19)8-16(20)21/h3-6,11,13-14H,7-10H2,1-2H3,(H,20,21). The van der Waals surface area contributed by atoms with Crippen LogP contribution in [0.15, 0.2) is 29.2 Å². The summed E-state index contributed by atoms with van der Waals surface area (Å²) in [5, 5.41) is 9.03. The first-order valence-electron chi connectivity index (χ1n) is 7.84. The molecule has 7 heteroatoms. The van der Waals surface area contributed by atoms with Crippen molar-refractivity contribution >= 4 is 23.6 Å². The molecule has 1 aromatic rings. The summed E-state index contributed by atoms with van der Waals surface area (Å²) in [4.78, 5) is 26.2. The second-order valence-electron chi connectivity index (χ2n) is 6.00. The summed E-state index contributed by atoms with van der Waals surface area (Å²) < 4.78 is 18.2. The van der Waals surface area contributed by atoms with Crippen molar-refractivity contribution in [2.75, 3.05) is 19.4 Å². The molecule has 0 aliphatic carbocycles. The van der Waals surface area contributed by atoms with Gasteiger partial charge in [0.15, 0.2) is 0 Å². The summed E-state index contributed by atoms with van der Waals surface area (Å²) in [5.74, 6) is -0.966. The number of ether oxygens (including phenoxy) is 1. The number of nitrogens with zero attached hydrogens (tertiary/aromatic N) is 1. The van der Waals surface area contributed by atoms with E-state index >= 15 is 0 Å². The Labute approximate surface area is 145 Å². The van der Waals surface area contributed by atoms with E-state index in [0.717, 1.165) is 4.90 Å². The number of carboxylic acid groups (broad SMARTS) is 1. The van der Waals surface area contributed by atoms with Gasteiger partial charge in [-0.15, -0.1) is 11.8 Å². The minimum Gasteiger partial charge on any atom is -0.481 e. The fourth-order valence-electron chi connectivity index (χ4n) is 2.82. The number of halogens is 1. The molecule has 2 rings (SSSR count). The van der Waals surface area contributed by atoms with Crippen LogP contribution in [-0.2, 0) is 14.3 Å². The lowest BCUT2D eigenvalue weighted by molar-refractivity contribution is -0.140. The molecule has 1 aliphatic rings. The predicted octanol–water partition coefficient (Wildman–Crippen LogP) is 2.64. The summed E-state index contributed by atoms with van der Waals surface area (Å²) >= 11 is 1.48. The van der Waals surface area contributed by atoms with E-state index < -0.39 is 5.97 Å². The van der Waals surface area contributed by atoms with Gasteiger partial charge in [-0.1, -0.05) is 6.92 Å². The number of methoxy groups -OCH3 is 1. The highest BCUT2D eigenvalue weighted by atomic mass is 32.2. The van der Waals surface area contributed by atoms with Crippen molar-refractivity contribution in [3.63, 3.8) is 0 Å². The maximum Gasteiger partial charge on any atom is 0.305 e. The van der Waals surface area contributed by atoms with Crippen molar-refractivity contribution in [3.05, 3.63) is 30.1 Å². The van der Waals surface area contributed by atoms with Crippen molar-refractivity contribution in [3.8, 4) is 0 Å². The van der Waals surface area contributed by atoms with Crippen molar-refractivity contribution in [2.24, 2.45) is 5.92 Å². The monoisotopic (exact) mass is 355 g/mol. The molecule has 24 heavy (non-hydrogen) atoms. The SMILES string of the molecule is COC1CC(CC(=O)O)N(C(=O)C(C)CSc2ccc(F)cc2)C1.